The Hall–Kier alpha value is -2.08. The van der Waals surface area contributed by atoms with Crippen molar-refractivity contribution in [2.45, 2.75) is 63.5 Å². The van der Waals surface area contributed by atoms with E-state index in [0.29, 0.717) is 10.6 Å². The molecule has 1 saturated carbocycles. The summed E-state index contributed by atoms with van der Waals surface area (Å²) in [5.41, 5.74) is -0.747. The van der Waals surface area contributed by atoms with Gasteiger partial charge < -0.3 is 10.6 Å². The van der Waals surface area contributed by atoms with Crippen molar-refractivity contribution in [1.82, 2.24) is 15.5 Å². The molecular weight excluding hydrogens is 366 g/mol. The van der Waals surface area contributed by atoms with Gasteiger partial charge >= 0.3 is 6.03 Å². The first-order valence-electron chi connectivity index (χ1n) is 9.60. The third-order valence-corrected chi connectivity index (χ3v) is 5.79. The van der Waals surface area contributed by atoms with Gasteiger partial charge in [-0.1, -0.05) is 61.9 Å². The van der Waals surface area contributed by atoms with E-state index in [4.69, 9.17) is 11.6 Å². The van der Waals surface area contributed by atoms with E-state index in [1.54, 1.807) is 31.2 Å². The topological polar surface area (TPSA) is 78.5 Å². The lowest BCUT2D eigenvalue weighted by atomic mass is 9.92. The highest BCUT2D eigenvalue weighted by atomic mass is 35.5. The molecule has 1 unspecified atom stereocenters. The van der Waals surface area contributed by atoms with Crippen molar-refractivity contribution in [2.75, 3.05) is 6.54 Å². The standard InChI is InChI=1S/C20H26ClN3O3/c1-20(15-11-7-8-12-16(15)21)18(26)24(19(27)23-20)13-17(25)22-14-9-5-3-2-4-6-10-14/h7-8,11-12,14H,2-6,9-10,13H2,1H3,(H,22,25)(H,23,27). The SMILES string of the molecule is CC1(c2ccccc2Cl)NC(=O)N(CC(=O)NC2CCCCCCC2)C1=O. The number of carbonyl (C=O) groups excluding carboxylic acids is 3. The van der Waals surface area contributed by atoms with Gasteiger partial charge in [-0.3, -0.25) is 14.5 Å². The quantitative estimate of drug-likeness (QED) is 0.772. The molecule has 0 bridgehead atoms. The number of carbonyl (C=O) groups is 3. The number of hydrogen-bond acceptors (Lipinski definition) is 3. The molecule has 1 aromatic rings. The van der Waals surface area contributed by atoms with Gasteiger partial charge in [0.15, 0.2) is 0 Å². The predicted octanol–water partition coefficient (Wildman–Crippen LogP) is 3.34. The van der Waals surface area contributed by atoms with E-state index in [1.807, 2.05) is 0 Å². The summed E-state index contributed by atoms with van der Waals surface area (Å²) >= 11 is 6.22. The maximum Gasteiger partial charge on any atom is 0.325 e. The summed E-state index contributed by atoms with van der Waals surface area (Å²) in [4.78, 5) is 38.7. The van der Waals surface area contributed by atoms with Crippen LogP contribution >= 0.6 is 11.6 Å². The van der Waals surface area contributed by atoms with Gasteiger partial charge in [0.1, 0.15) is 12.1 Å². The predicted molar refractivity (Wildman–Crippen MR) is 103 cm³/mol. The molecule has 1 heterocycles. The van der Waals surface area contributed by atoms with Crippen molar-refractivity contribution >= 4 is 29.4 Å². The first-order chi connectivity index (χ1) is 12.9. The fraction of sp³-hybridized carbons (Fsp3) is 0.550. The van der Waals surface area contributed by atoms with Crippen molar-refractivity contribution in [3.05, 3.63) is 34.9 Å². The van der Waals surface area contributed by atoms with Gasteiger partial charge in [0.25, 0.3) is 5.91 Å². The summed E-state index contributed by atoms with van der Waals surface area (Å²) in [6.07, 6.45) is 7.72. The van der Waals surface area contributed by atoms with Gasteiger partial charge in [-0.05, 0) is 25.8 Å². The fourth-order valence-electron chi connectivity index (χ4n) is 3.91. The number of rotatable bonds is 4. The molecule has 7 heteroatoms. The number of halogens is 1. The van der Waals surface area contributed by atoms with Crippen molar-refractivity contribution in [3.63, 3.8) is 0 Å². The summed E-state index contributed by atoms with van der Waals surface area (Å²) in [7, 11) is 0. The van der Waals surface area contributed by atoms with Gasteiger partial charge in [0, 0.05) is 16.6 Å². The van der Waals surface area contributed by atoms with Crippen LogP contribution in [0.5, 0.6) is 0 Å². The van der Waals surface area contributed by atoms with Crippen LogP contribution in [-0.4, -0.2) is 35.3 Å². The first kappa shape index (κ1) is 19.7. The Morgan fingerprint density at radius 1 is 1.19 bits per heavy atom. The molecule has 0 radical (unpaired) electrons. The van der Waals surface area contributed by atoms with E-state index < -0.39 is 17.5 Å². The third kappa shape index (κ3) is 4.26. The molecule has 6 nitrogen and oxygen atoms in total. The zero-order valence-electron chi connectivity index (χ0n) is 15.6. The van der Waals surface area contributed by atoms with Crippen LogP contribution in [0.2, 0.25) is 5.02 Å². The van der Waals surface area contributed by atoms with E-state index in [0.717, 1.165) is 30.6 Å². The number of amides is 4. The third-order valence-electron chi connectivity index (χ3n) is 5.46. The number of nitrogens with one attached hydrogen (secondary N) is 2. The van der Waals surface area contributed by atoms with Gasteiger partial charge in [-0.15, -0.1) is 0 Å². The van der Waals surface area contributed by atoms with Crippen LogP contribution in [-0.2, 0) is 15.1 Å². The number of nitrogens with zero attached hydrogens (tertiary/aromatic N) is 1. The summed E-state index contributed by atoms with van der Waals surface area (Å²) < 4.78 is 0. The molecule has 1 aromatic carbocycles. The molecule has 1 saturated heterocycles. The van der Waals surface area contributed by atoms with E-state index >= 15 is 0 Å². The Bertz CT molecular complexity index is 731. The van der Waals surface area contributed by atoms with E-state index in [9.17, 15) is 14.4 Å². The molecule has 1 aliphatic heterocycles. The van der Waals surface area contributed by atoms with Crippen LogP contribution < -0.4 is 10.6 Å². The zero-order valence-corrected chi connectivity index (χ0v) is 16.3. The lowest BCUT2D eigenvalue weighted by Gasteiger charge is -2.24. The summed E-state index contributed by atoms with van der Waals surface area (Å²) in [6.45, 7) is 1.34. The van der Waals surface area contributed by atoms with Crippen LogP contribution in [0.1, 0.15) is 57.4 Å². The number of hydrogen-bond donors (Lipinski definition) is 2. The van der Waals surface area contributed by atoms with Crippen LogP contribution in [0.4, 0.5) is 4.79 Å². The fourth-order valence-corrected chi connectivity index (χ4v) is 4.23. The average Bonchev–Trinajstić information content (AvgIpc) is 2.81. The van der Waals surface area contributed by atoms with Crippen molar-refractivity contribution < 1.29 is 14.4 Å². The number of benzene rings is 1. The molecule has 0 spiro atoms. The Kier molecular flexibility index (Phi) is 6.05. The molecule has 2 fully saturated rings. The molecule has 3 rings (SSSR count). The van der Waals surface area contributed by atoms with Gasteiger partial charge in [0.2, 0.25) is 5.91 Å². The molecule has 146 valence electrons. The molecule has 1 atom stereocenters. The molecule has 0 aromatic heterocycles. The maximum absolute atomic E-state index is 12.9. The minimum atomic E-state index is -1.27. The highest BCUT2D eigenvalue weighted by Gasteiger charge is 2.50. The zero-order chi connectivity index (χ0) is 19.4. The highest BCUT2D eigenvalue weighted by Crippen LogP contribution is 2.33. The summed E-state index contributed by atoms with van der Waals surface area (Å²) in [5.74, 6) is -0.763. The minimum Gasteiger partial charge on any atom is -0.352 e. The van der Waals surface area contributed by atoms with Crippen LogP contribution in [0.25, 0.3) is 0 Å². The van der Waals surface area contributed by atoms with E-state index in [2.05, 4.69) is 10.6 Å². The Labute approximate surface area is 164 Å². The second-order valence-corrected chi connectivity index (χ2v) is 7.94. The minimum absolute atomic E-state index is 0.119. The smallest absolute Gasteiger partial charge is 0.325 e. The number of imide groups is 1. The lowest BCUT2D eigenvalue weighted by molar-refractivity contribution is -0.135. The van der Waals surface area contributed by atoms with Crippen LogP contribution in [0, 0.1) is 0 Å². The molecule has 27 heavy (non-hydrogen) atoms. The number of urea groups is 1. The second-order valence-electron chi connectivity index (χ2n) is 7.54. The van der Waals surface area contributed by atoms with Crippen molar-refractivity contribution in [1.29, 1.82) is 0 Å². The van der Waals surface area contributed by atoms with E-state index in [-0.39, 0.29) is 18.5 Å². The molecule has 4 amide bonds. The maximum atomic E-state index is 12.9. The Morgan fingerprint density at radius 2 is 1.81 bits per heavy atom. The average molecular weight is 392 g/mol. The highest BCUT2D eigenvalue weighted by molar-refractivity contribution is 6.32. The van der Waals surface area contributed by atoms with E-state index in [1.165, 1.54) is 19.3 Å². The Balaban J connectivity index is 1.66. The molecule has 2 N–H and O–H groups in total. The summed E-state index contributed by atoms with van der Waals surface area (Å²) in [6, 6.07) is 6.44. The summed E-state index contributed by atoms with van der Waals surface area (Å²) in [5, 5.41) is 6.08. The van der Waals surface area contributed by atoms with Crippen LogP contribution in [0.3, 0.4) is 0 Å². The largest absolute Gasteiger partial charge is 0.352 e. The molecule has 1 aliphatic carbocycles. The van der Waals surface area contributed by atoms with Gasteiger partial charge in [-0.25, -0.2) is 4.79 Å². The second kappa shape index (κ2) is 8.30. The van der Waals surface area contributed by atoms with Gasteiger partial charge in [0.05, 0.1) is 0 Å². The lowest BCUT2D eigenvalue weighted by Crippen LogP contribution is -2.45. The Morgan fingerprint density at radius 3 is 2.48 bits per heavy atom. The molecule has 2 aliphatic rings. The first-order valence-corrected chi connectivity index (χ1v) is 9.98. The van der Waals surface area contributed by atoms with Crippen LogP contribution in [0.15, 0.2) is 24.3 Å². The van der Waals surface area contributed by atoms with Gasteiger partial charge in [-0.2, -0.15) is 0 Å². The monoisotopic (exact) mass is 391 g/mol. The molecular formula is C20H26ClN3O3. The normalized spacial score (nSPS) is 24.3. The van der Waals surface area contributed by atoms with Crippen molar-refractivity contribution in [2.24, 2.45) is 0 Å². The van der Waals surface area contributed by atoms with Crippen molar-refractivity contribution in [3.8, 4) is 0 Å².